The van der Waals surface area contributed by atoms with Gasteiger partial charge in [-0.1, -0.05) is 6.07 Å². The summed E-state index contributed by atoms with van der Waals surface area (Å²) in [7, 11) is 3.25. The van der Waals surface area contributed by atoms with Crippen molar-refractivity contribution in [1.82, 2.24) is 0 Å². The molecule has 0 saturated heterocycles. The molecule has 106 valence electrons. The fourth-order valence-corrected chi connectivity index (χ4v) is 2.32. The number of hydrogen-bond donors (Lipinski definition) is 1. The minimum atomic E-state index is 0.718. The van der Waals surface area contributed by atoms with Gasteiger partial charge in [0.2, 0.25) is 6.20 Å². The first kappa shape index (κ1) is 13.2. The smallest absolute Gasteiger partial charge is 0.265 e. The van der Waals surface area contributed by atoms with Crippen molar-refractivity contribution in [2.45, 2.75) is 0 Å². The molecule has 0 fully saturated rings. The highest BCUT2D eigenvalue weighted by molar-refractivity contribution is 5.85. The van der Waals surface area contributed by atoms with Crippen molar-refractivity contribution in [3.63, 3.8) is 0 Å². The van der Waals surface area contributed by atoms with Crippen LogP contribution in [-0.4, -0.2) is 19.4 Å². The summed E-state index contributed by atoms with van der Waals surface area (Å²) in [6.45, 7) is 0. The summed E-state index contributed by atoms with van der Waals surface area (Å²) >= 11 is 0. The molecule has 1 N–H and O–H groups in total. The first-order valence-corrected chi connectivity index (χ1v) is 6.58. The van der Waals surface area contributed by atoms with E-state index in [2.05, 4.69) is 0 Å². The fourth-order valence-electron chi connectivity index (χ4n) is 2.32. The van der Waals surface area contributed by atoms with E-state index in [0.29, 0.717) is 0 Å². The highest BCUT2D eigenvalue weighted by Crippen LogP contribution is 2.25. The van der Waals surface area contributed by atoms with Crippen molar-refractivity contribution >= 4 is 10.8 Å². The number of ether oxygens (including phenoxy) is 2. The number of pyridine rings is 1. The molecule has 0 aliphatic carbocycles. The zero-order chi connectivity index (χ0) is 14.8. The van der Waals surface area contributed by atoms with Gasteiger partial charge in [0.05, 0.1) is 25.2 Å². The van der Waals surface area contributed by atoms with E-state index in [0.717, 1.165) is 38.3 Å². The maximum Gasteiger partial charge on any atom is 0.265 e. The Morgan fingerprint density at radius 2 is 1.48 bits per heavy atom. The second-order valence-corrected chi connectivity index (χ2v) is 4.73. The van der Waals surface area contributed by atoms with Crippen LogP contribution in [0.3, 0.4) is 0 Å². The molecule has 2 aromatic carbocycles. The number of rotatable bonds is 3. The van der Waals surface area contributed by atoms with Crippen molar-refractivity contribution in [2.75, 3.05) is 14.2 Å². The summed E-state index contributed by atoms with van der Waals surface area (Å²) in [6, 6.07) is 15.3. The van der Waals surface area contributed by atoms with Gasteiger partial charge in [-0.3, -0.25) is 5.21 Å². The molecule has 21 heavy (non-hydrogen) atoms. The van der Waals surface area contributed by atoms with Gasteiger partial charge in [-0.25, -0.2) is 0 Å². The van der Waals surface area contributed by atoms with Gasteiger partial charge in [0.1, 0.15) is 11.5 Å². The molecule has 0 amide bonds. The van der Waals surface area contributed by atoms with Crippen molar-refractivity contribution in [3.05, 3.63) is 54.7 Å². The number of fused-ring (bicyclic) bond motifs is 1. The molecule has 0 radical (unpaired) electrons. The Kier molecular flexibility index (Phi) is 3.36. The SMILES string of the molecule is COc1ccc(-c2cc3ccc(OC)cc3c[n+]2O)cc1. The van der Waals surface area contributed by atoms with E-state index < -0.39 is 0 Å². The van der Waals surface area contributed by atoms with E-state index in [9.17, 15) is 5.21 Å². The predicted octanol–water partition coefficient (Wildman–Crippen LogP) is 3.05. The largest absolute Gasteiger partial charge is 0.497 e. The van der Waals surface area contributed by atoms with Crippen LogP contribution >= 0.6 is 0 Å². The van der Waals surface area contributed by atoms with Crippen molar-refractivity contribution in [3.8, 4) is 22.8 Å². The van der Waals surface area contributed by atoms with Gasteiger partial charge >= 0.3 is 0 Å². The van der Waals surface area contributed by atoms with E-state index in [4.69, 9.17) is 9.47 Å². The predicted molar refractivity (Wildman–Crippen MR) is 79.9 cm³/mol. The zero-order valence-corrected chi connectivity index (χ0v) is 11.9. The van der Waals surface area contributed by atoms with E-state index in [1.807, 2.05) is 48.5 Å². The molecule has 1 heterocycles. The Morgan fingerprint density at radius 3 is 2.14 bits per heavy atom. The van der Waals surface area contributed by atoms with Gasteiger partial charge in [0, 0.05) is 10.8 Å². The Balaban J connectivity index is 2.11. The molecule has 0 unspecified atom stereocenters. The molecular weight excluding hydrogens is 266 g/mol. The molecule has 3 aromatic rings. The highest BCUT2D eigenvalue weighted by Gasteiger charge is 2.15. The van der Waals surface area contributed by atoms with Crippen LogP contribution in [0, 0.1) is 0 Å². The van der Waals surface area contributed by atoms with Crippen LogP contribution in [0.25, 0.3) is 22.0 Å². The monoisotopic (exact) mass is 282 g/mol. The van der Waals surface area contributed by atoms with E-state index in [-0.39, 0.29) is 0 Å². The first-order valence-electron chi connectivity index (χ1n) is 6.58. The maximum atomic E-state index is 10.2. The van der Waals surface area contributed by atoms with Crippen LogP contribution in [-0.2, 0) is 0 Å². The van der Waals surface area contributed by atoms with Crippen molar-refractivity contribution in [1.29, 1.82) is 0 Å². The number of benzene rings is 2. The molecule has 0 atom stereocenters. The van der Waals surface area contributed by atoms with Gasteiger partial charge < -0.3 is 9.47 Å². The Bertz CT molecular complexity index is 782. The van der Waals surface area contributed by atoms with Crippen LogP contribution < -0.4 is 14.2 Å². The molecule has 0 aliphatic rings. The molecule has 0 bridgehead atoms. The Hall–Kier alpha value is -2.75. The third-order valence-electron chi connectivity index (χ3n) is 3.48. The minimum absolute atomic E-state index is 0.718. The topological polar surface area (TPSA) is 42.6 Å². The molecule has 4 nitrogen and oxygen atoms in total. The lowest BCUT2D eigenvalue weighted by molar-refractivity contribution is -0.895. The number of nitrogens with zero attached hydrogens (tertiary/aromatic N) is 1. The molecule has 3 rings (SSSR count). The standard InChI is InChI=1S/C17H16NO3/c1-20-15-6-3-12(4-7-15)17-10-13-5-8-16(21-2)9-14(13)11-18(17)19/h3-11,19H,1-2H3/q+1. The number of methoxy groups -OCH3 is 2. The van der Waals surface area contributed by atoms with Crippen LogP contribution in [0.5, 0.6) is 11.5 Å². The Labute approximate surface area is 122 Å². The third kappa shape index (κ3) is 2.48. The number of hydrogen-bond acceptors (Lipinski definition) is 3. The summed E-state index contributed by atoms with van der Waals surface area (Å²) < 4.78 is 11.5. The molecule has 4 heteroatoms. The minimum Gasteiger partial charge on any atom is -0.497 e. The molecule has 1 aromatic heterocycles. The lowest BCUT2D eigenvalue weighted by Gasteiger charge is -2.04. The zero-order valence-electron chi connectivity index (χ0n) is 11.9. The average Bonchev–Trinajstić information content (AvgIpc) is 2.53. The summed E-state index contributed by atoms with van der Waals surface area (Å²) in [6.07, 6.45) is 1.68. The quantitative estimate of drug-likeness (QED) is 0.593. The van der Waals surface area contributed by atoms with Crippen molar-refractivity contribution < 1.29 is 19.4 Å². The summed E-state index contributed by atoms with van der Waals surface area (Å²) in [5.74, 6) is 1.55. The summed E-state index contributed by atoms with van der Waals surface area (Å²) in [5, 5.41) is 12.1. The van der Waals surface area contributed by atoms with Crippen LogP contribution in [0.15, 0.2) is 54.7 Å². The van der Waals surface area contributed by atoms with E-state index >= 15 is 0 Å². The average molecular weight is 282 g/mol. The summed E-state index contributed by atoms with van der Waals surface area (Å²) in [5.41, 5.74) is 1.63. The van der Waals surface area contributed by atoms with Crippen LogP contribution in [0.1, 0.15) is 0 Å². The van der Waals surface area contributed by atoms with Gasteiger partial charge in [-0.05, 0) is 41.8 Å². The summed E-state index contributed by atoms with van der Waals surface area (Å²) in [4.78, 5) is 0. The lowest BCUT2D eigenvalue weighted by atomic mass is 10.1. The second-order valence-electron chi connectivity index (χ2n) is 4.73. The third-order valence-corrected chi connectivity index (χ3v) is 3.48. The van der Waals surface area contributed by atoms with Gasteiger partial charge in [0.25, 0.3) is 5.69 Å². The normalized spacial score (nSPS) is 10.6. The molecule has 0 spiro atoms. The van der Waals surface area contributed by atoms with Gasteiger partial charge in [0.15, 0.2) is 0 Å². The number of aromatic nitrogens is 1. The van der Waals surface area contributed by atoms with Crippen LogP contribution in [0.2, 0.25) is 0 Å². The lowest BCUT2D eigenvalue weighted by Crippen LogP contribution is -2.32. The fraction of sp³-hybridized carbons (Fsp3) is 0.118. The molecular formula is C17H16NO3+. The van der Waals surface area contributed by atoms with Crippen molar-refractivity contribution in [2.24, 2.45) is 0 Å². The van der Waals surface area contributed by atoms with Gasteiger partial charge in [-0.2, -0.15) is 0 Å². The molecule has 0 aliphatic heterocycles. The van der Waals surface area contributed by atoms with E-state index in [1.54, 1.807) is 20.4 Å². The Morgan fingerprint density at radius 1 is 0.810 bits per heavy atom. The van der Waals surface area contributed by atoms with Crippen LogP contribution in [0.4, 0.5) is 0 Å². The van der Waals surface area contributed by atoms with Gasteiger partial charge in [-0.15, -0.1) is 0 Å². The molecule has 0 saturated carbocycles. The van der Waals surface area contributed by atoms with E-state index in [1.165, 1.54) is 0 Å². The first-order chi connectivity index (χ1) is 10.2. The second kappa shape index (κ2) is 5.32. The highest BCUT2D eigenvalue weighted by atomic mass is 16.5. The maximum absolute atomic E-state index is 10.2.